The summed E-state index contributed by atoms with van der Waals surface area (Å²) < 4.78 is 46.2. The molecule has 0 spiro atoms. The highest BCUT2D eigenvalue weighted by Gasteiger charge is 2.34. The predicted octanol–water partition coefficient (Wildman–Crippen LogP) is 3.27. The first-order valence-electron chi connectivity index (χ1n) is 7.71. The van der Waals surface area contributed by atoms with Gasteiger partial charge in [0.05, 0.1) is 6.26 Å². The van der Waals surface area contributed by atoms with Crippen molar-refractivity contribution in [3.63, 3.8) is 0 Å². The van der Waals surface area contributed by atoms with Crippen LogP contribution in [0.5, 0.6) is 0 Å². The first-order valence-corrected chi connectivity index (χ1v) is 8.52. The molecule has 142 valence electrons. The number of alkyl halides is 3. The van der Waals surface area contributed by atoms with Crippen molar-refractivity contribution in [1.29, 1.82) is 0 Å². The second kappa shape index (κ2) is 6.96. The maximum absolute atomic E-state index is 13.3. The lowest BCUT2D eigenvalue weighted by molar-refractivity contribution is -0.141. The molecule has 0 amide bonds. The summed E-state index contributed by atoms with van der Waals surface area (Å²) in [4.78, 5) is 11.7. The van der Waals surface area contributed by atoms with Crippen LogP contribution in [0.15, 0.2) is 63.6 Å². The van der Waals surface area contributed by atoms with Crippen LogP contribution in [0.1, 0.15) is 5.69 Å². The molecule has 28 heavy (non-hydrogen) atoms. The third kappa shape index (κ3) is 3.53. The van der Waals surface area contributed by atoms with E-state index in [1.165, 1.54) is 18.7 Å². The molecule has 0 atom stereocenters. The van der Waals surface area contributed by atoms with Crippen molar-refractivity contribution < 1.29 is 17.6 Å². The molecule has 8 nitrogen and oxygen atoms in total. The fourth-order valence-electron chi connectivity index (χ4n) is 2.26. The lowest BCUT2D eigenvalue weighted by Crippen LogP contribution is -2.12. The van der Waals surface area contributed by atoms with Crippen LogP contribution < -0.4 is 5.84 Å². The van der Waals surface area contributed by atoms with Crippen molar-refractivity contribution in [3.8, 4) is 23.0 Å². The Labute approximate surface area is 159 Å². The summed E-state index contributed by atoms with van der Waals surface area (Å²) in [6.45, 7) is 0. The molecular formula is C16H10F3N7OS. The molecule has 4 aromatic rings. The zero-order valence-corrected chi connectivity index (χ0v) is 14.6. The molecule has 4 aromatic heterocycles. The molecule has 12 heteroatoms. The summed E-state index contributed by atoms with van der Waals surface area (Å²) >= 11 is 0.823. The molecule has 2 N–H and O–H groups in total. The Hall–Kier alpha value is -3.41. The topological polar surface area (TPSA) is 109 Å². The highest BCUT2D eigenvalue weighted by Crippen LogP contribution is 2.34. The van der Waals surface area contributed by atoms with Crippen LogP contribution in [0, 0.1) is 0 Å². The standard InChI is InChI=1S/C16H10F3N7OS/c17-16(18,19)11-7-12(23-13(22-11)9-3-1-5-21-8-9)28-15-25-24-14(26(15)20)10-4-2-6-27-10/h1-8H,20H2. The quantitative estimate of drug-likeness (QED) is 0.407. The van der Waals surface area contributed by atoms with Crippen LogP contribution in [-0.2, 0) is 6.18 Å². The van der Waals surface area contributed by atoms with Crippen molar-refractivity contribution in [3.05, 3.63) is 54.7 Å². The number of furan rings is 1. The number of nitrogens with two attached hydrogens (primary N) is 1. The maximum Gasteiger partial charge on any atom is 0.433 e. The number of rotatable bonds is 4. The van der Waals surface area contributed by atoms with Crippen molar-refractivity contribution in [2.45, 2.75) is 16.4 Å². The molecule has 0 radical (unpaired) electrons. The molecule has 0 unspecified atom stereocenters. The Balaban J connectivity index is 1.74. The minimum absolute atomic E-state index is 0.00581. The summed E-state index contributed by atoms with van der Waals surface area (Å²) in [5.74, 6) is 6.44. The van der Waals surface area contributed by atoms with Crippen molar-refractivity contribution >= 4 is 11.8 Å². The molecule has 0 saturated carbocycles. The molecule has 0 aliphatic rings. The Morgan fingerprint density at radius 2 is 1.96 bits per heavy atom. The highest BCUT2D eigenvalue weighted by atomic mass is 32.2. The molecule has 0 fully saturated rings. The summed E-state index contributed by atoms with van der Waals surface area (Å²) in [6, 6.07) is 7.26. The fourth-order valence-corrected chi connectivity index (χ4v) is 3.02. The number of hydrogen-bond donors (Lipinski definition) is 1. The number of halogens is 3. The molecule has 0 saturated heterocycles. The van der Waals surface area contributed by atoms with Crippen molar-refractivity contribution in [2.75, 3.05) is 5.84 Å². The van der Waals surface area contributed by atoms with E-state index in [0.717, 1.165) is 22.5 Å². The lowest BCUT2D eigenvalue weighted by Gasteiger charge is -2.10. The number of aromatic nitrogens is 6. The predicted molar refractivity (Wildman–Crippen MR) is 92.3 cm³/mol. The third-order valence-corrected chi connectivity index (χ3v) is 4.39. The average molecular weight is 405 g/mol. The van der Waals surface area contributed by atoms with E-state index in [1.807, 2.05) is 0 Å². The normalized spacial score (nSPS) is 11.7. The Kier molecular flexibility index (Phi) is 4.47. The van der Waals surface area contributed by atoms with Crippen LogP contribution in [0.3, 0.4) is 0 Å². The average Bonchev–Trinajstić information content (AvgIpc) is 3.32. The van der Waals surface area contributed by atoms with Gasteiger partial charge in [-0.25, -0.2) is 14.6 Å². The Bertz CT molecular complexity index is 1100. The van der Waals surface area contributed by atoms with Gasteiger partial charge in [-0.3, -0.25) is 4.98 Å². The first-order chi connectivity index (χ1) is 13.4. The van der Waals surface area contributed by atoms with Gasteiger partial charge in [0.15, 0.2) is 11.6 Å². The van der Waals surface area contributed by atoms with E-state index < -0.39 is 11.9 Å². The smallest absolute Gasteiger partial charge is 0.433 e. The fraction of sp³-hybridized carbons (Fsp3) is 0.0625. The third-order valence-electron chi connectivity index (χ3n) is 3.51. The SMILES string of the molecule is Nn1c(Sc2cc(C(F)(F)F)nc(-c3cccnc3)n2)nnc1-c1ccco1. The zero-order chi connectivity index (χ0) is 19.7. The molecule has 0 bridgehead atoms. The van der Waals surface area contributed by atoms with E-state index in [1.54, 1.807) is 24.3 Å². The monoisotopic (exact) mass is 405 g/mol. The highest BCUT2D eigenvalue weighted by molar-refractivity contribution is 7.99. The van der Waals surface area contributed by atoms with Gasteiger partial charge in [0.25, 0.3) is 0 Å². The number of pyridine rings is 1. The molecular weight excluding hydrogens is 395 g/mol. The van der Waals surface area contributed by atoms with Gasteiger partial charge in [-0.15, -0.1) is 10.2 Å². The van der Waals surface area contributed by atoms with E-state index >= 15 is 0 Å². The van der Waals surface area contributed by atoms with Gasteiger partial charge in [0.1, 0.15) is 10.7 Å². The van der Waals surface area contributed by atoms with Crippen LogP contribution >= 0.6 is 11.8 Å². The second-order valence-corrected chi connectivity index (χ2v) is 6.40. The summed E-state index contributed by atoms with van der Waals surface area (Å²) in [7, 11) is 0. The molecule has 4 heterocycles. The number of nitrogens with zero attached hydrogens (tertiary/aromatic N) is 6. The van der Waals surface area contributed by atoms with Gasteiger partial charge in [-0.2, -0.15) is 13.2 Å². The van der Waals surface area contributed by atoms with Crippen molar-refractivity contribution in [2.24, 2.45) is 0 Å². The van der Waals surface area contributed by atoms with Crippen LogP contribution in [0.2, 0.25) is 0 Å². The van der Waals surface area contributed by atoms with E-state index in [0.29, 0.717) is 11.3 Å². The van der Waals surface area contributed by atoms with Gasteiger partial charge in [0.2, 0.25) is 11.0 Å². The first kappa shape index (κ1) is 18.0. The minimum Gasteiger partial charge on any atom is -0.461 e. The summed E-state index contributed by atoms with van der Waals surface area (Å²) in [5.41, 5.74) is -0.737. The second-order valence-electron chi connectivity index (χ2n) is 5.41. The van der Waals surface area contributed by atoms with Gasteiger partial charge in [0, 0.05) is 24.0 Å². The Morgan fingerprint density at radius 3 is 2.64 bits per heavy atom. The lowest BCUT2D eigenvalue weighted by atomic mass is 10.2. The van der Waals surface area contributed by atoms with Gasteiger partial charge in [-0.1, -0.05) is 0 Å². The van der Waals surface area contributed by atoms with Gasteiger partial charge in [-0.05, 0) is 36.0 Å². The largest absolute Gasteiger partial charge is 0.461 e. The van der Waals surface area contributed by atoms with E-state index in [-0.39, 0.29) is 21.8 Å². The number of hydrogen-bond acceptors (Lipinski definition) is 8. The molecule has 0 aliphatic heterocycles. The van der Waals surface area contributed by atoms with Crippen LogP contribution in [-0.4, -0.2) is 29.8 Å². The molecule has 0 aromatic carbocycles. The zero-order valence-electron chi connectivity index (χ0n) is 13.8. The van der Waals surface area contributed by atoms with Gasteiger partial charge < -0.3 is 10.3 Å². The molecule has 4 rings (SSSR count). The van der Waals surface area contributed by atoms with E-state index in [2.05, 4.69) is 25.1 Å². The maximum atomic E-state index is 13.3. The number of nitrogen functional groups attached to an aromatic ring is 1. The van der Waals surface area contributed by atoms with E-state index in [4.69, 9.17) is 10.3 Å². The summed E-state index contributed by atoms with van der Waals surface area (Å²) in [5, 5.41) is 7.94. The van der Waals surface area contributed by atoms with Gasteiger partial charge >= 0.3 is 6.18 Å². The van der Waals surface area contributed by atoms with Crippen molar-refractivity contribution in [1.82, 2.24) is 29.8 Å². The minimum atomic E-state index is -4.65. The van der Waals surface area contributed by atoms with Crippen LogP contribution in [0.4, 0.5) is 13.2 Å². The summed E-state index contributed by atoms with van der Waals surface area (Å²) in [6.07, 6.45) is -0.327. The van der Waals surface area contributed by atoms with Crippen LogP contribution in [0.25, 0.3) is 23.0 Å². The van der Waals surface area contributed by atoms with E-state index in [9.17, 15) is 13.2 Å². The molecule has 0 aliphatic carbocycles. The Morgan fingerprint density at radius 1 is 1.11 bits per heavy atom.